The SMILES string of the molecule is CC(C)NC(=O)N1CCn2c(CN(C)C(C)C)cnc2C1C.O=C(O)C(F)(F)F. The highest BCUT2D eigenvalue weighted by Crippen LogP contribution is 2.26. The van der Waals surface area contributed by atoms with E-state index in [4.69, 9.17) is 9.90 Å². The average molecular weight is 421 g/mol. The number of nitrogens with zero attached hydrogens (tertiary/aromatic N) is 4. The molecule has 2 heterocycles. The lowest BCUT2D eigenvalue weighted by Crippen LogP contribution is -2.48. The molecule has 1 aliphatic rings. The molecule has 8 nitrogen and oxygen atoms in total. The molecule has 166 valence electrons. The Balaban J connectivity index is 0.000000516. The predicted octanol–water partition coefficient (Wildman–Crippen LogP) is 2.85. The Morgan fingerprint density at radius 1 is 1.31 bits per heavy atom. The zero-order valence-electron chi connectivity index (χ0n) is 17.6. The molecule has 0 saturated heterocycles. The summed E-state index contributed by atoms with van der Waals surface area (Å²) in [6.45, 7) is 12.8. The largest absolute Gasteiger partial charge is 0.490 e. The molecular weight excluding hydrogens is 391 g/mol. The van der Waals surface area contributed by atoms with Crippen LogP contribution in [-0.2, 0) is 17.9 Å². The Morgan fingerprint density at radius 3 is 2.31 bits per heavy atom. The number of hydrogen-bond acceptors (Lipinski definition) is 4. The van der Waals surface area contributed by atoms with Crippen molar-refractivity contribution in [2.45, 2.75) is 72.0 Å². The highest BCUT2D eigenvalue weighted by molar-refractivity contribution is 5.75. The van der Waals surface area contributed by atoms with Gasteiger partial charge in [-0.2, -0.15) is 13.2 Å². The molecule has 0 saturated carbocycles. The lowest BCUT2D eigenvalue weighted by molar-refractivity contribution is -0.192. The number of nitrogens with one attached hydrogen (secondary N) is 1. The summed E-state index contributed by atoms with van der Waals surface area (Å²) in [6.07, 6.45) is -3.13. The van der Waals surface area contributed by atoms with Gasteiger partial charge >= 0.3 is 18.2 Å². The van der Waals surface area contributed by atoms with Crippen LogP contribution >= 0.6 is 0 Å². The number of halogens is 3. The molecule has 1 aromatic heterocycles. The molecule has 0 fully saturated rings. The number of amides is 2. The molecule has 1 atom stereocenters. The van der Waals surface area contributed by atoms with Crippen molar-refractivity contribution in [3.05, 3.63) is 17.7 Å². The van der Waals surface area contributed by atoms with Crippen LogP contribution in [0.25, 0.3) is 0 Å². The molecule has 11 heteroatoms. The van der Waals surface area contributed by atoms with Crippen molar-refractivity contribution in [2.75, 3.05) is 13.6 Å². The first-order valence-electron chi connectivity index (χ1n) is 9.37. The summed E-state index contributed by atoms with van der Waals surface area (Å²) < 4.78 is 34.0. The van der Waals surface area contributed by atoms with Gasteiger partial charge in [0.25, 0.3) is 0 Å². The van der Waals surface area contributed by atoms with Crippen molar-refractivity contribution < 1.29 is 27.9 Å². The van der Waals surface area contributed by atoms with Gasteiger partial charge in [-0.1, -0.05) is 0 Å². The molecule has 0 aliphatic carbocycles. The van der Waals surface area contributed by atoms with Gasteiger partial charge in [0, 0.05) is 37.9 Å². The van der Waals surface area contributed by atoms with Gasteiger partial charge in [-0.3, -0.25) is 4.90 Å². The summed E-state index contributed by atoms with van der Waals surface area (Å²) in [5, 5.41) is 10.1. The predicted molar refractivity (Wildman–Crippen MR) is 101 cm³/mol. The van der Waals surface area contributed by atoms with Crippen molar-refractivity contribution >= 4 is 12.0 Å². The van der Waals surface area contributed by atoms with Gasteiger partial charge in [-0.15, -0.1) is 0 Å². The van der Waals surface area contributed by atoms with Crippen LogP contribution in [0.15, 0.2) is 6.20 Å². The summed E-state index contributed by atoms with van der Waals surface area (Å²) in [5.74, 6) is -1.77. The Kier molecular flexibility index (Phi) is 8.49. The maximum atomic E-state index is 12.3. The monoisotopic (exact) mass is 421 g/mol. The van der Waals surface area contributed by atoms with Gasteiger partial charge < -0.3 is 19.9 Å². The number of imidazole rings is 1. The Morgan fingerprint density at radius 2 is 1.86 bits per heavy atom. The van der Waals surface area contributed by atoms with Crippen molar-refractivity contribution in [1.29, 1.82) is 0 Å². The topological polar surface area (TPSA) is 90.7 Å². The third-order valence-corrected chi connectivity index (χ3v) is 4.58. The van der Waals surface area contributed by atoms with E-state index in [0.29, 0.717) is 6.04 Å². The van der Waals surface area contributed by atoms with Crippen LogP contribution in [0.3, 0.4) is 0 Å². The zero-order valence-corrected chi connectivity index (χ0v) is 17.6. The van der Waals surface area contributed by atoms with E-state index in [1.165, 1.54) is 5.69 Å². The van der Waals surface area contributed by atoms with Crippen LogP contribution in [0.5, 0.6) is 0 Å². The maximum Gasteiger partial charge on any atom is 0.490 e. The highest BCUT2D eigenvalue weighted by Gasteiger charge is 2.38. The molecular formula is C18H30F3N5O3. The van der Waals surface area contributed by atoms with Crippen molar-refractivity contribution in [3.8, 4) is 0 Å². The molecule has 0 aromatic carbocycles. The van der Waals surface area contributed by atoms with E-state index >= 15 is 0 Å². The lowest BCUT2D eigenvalue weighted by atomic mass is 10.2. The lowest BCUT2D eigenvalue weighted by Gasteiger charge is -2.35. The number of carboxylic acids is 1. The van der Waals surface area contributed by atoms with Crippen molar-refractivity contribution in [1.82, 2.24) is 24.7 Å². The van der Waals surface area contributed by atoms with Gasteiger partial charge in [0.15, 0.2) is 0 Å². The number of carbonyl (C=O) groups is 2. The Labute approximate surface area is 168 Å². The van der Waals surface area contributed by atoms with Gasteiger partial charge in [-0.25, -0.2) is 14.6 Å². The van der Waals surface area contributed by atoms with Crippen LogP contribution in [0.4, 0.5) is 18.0 Å². The third kappa shape index (κ3) is 6.91. The van der Waals surface area contributed by atoms with Gasteiger partial charge in [-0.05, 0) is 41.7 Å². The minimum Gasteiger partial charge on any atom is -0.475 e. The van der Waals surface area contributed by atoms with E-state index in [1.807, 2.05) is 31.9 Å². The smallest absolute Gasteiger partial charge is 0.475 e. The number of rotatable bonds is 4. The number of urea groups is 1. The summed E-state index contributed by atoms with van der Waals surface area (Å²) >= 11 is 0. The number of hydrogen-bond donors (Lipinski definition) is 2. The second-order valence-electron chi connectivity index (χ2n) is 7.54. The molecule has 0 bridgehead atoms. The molecule has 1 aliphatic heterocycles. The molecule has 1 aromatic rings. The van der Waals surface area contributed by atoms with Crippen LogP contribution in [0.1, 0.15) is 52.2 Å². The van der Waals surface area contributed by atoms with Crippen molar-refractivity contribution in [2.24, 2.45) is 0 Å². The molecule has 2 N–H and O–H groups in total. The number of aliphatic carboxylic acids is 1. The standard InChI is InChI=1S/C16H29N5O.C2HF3O2/c1-11(2)18-16(22)20-7-8-21-14(10-19(6)12(3)4)9-17-15(21)13(20)5;3-2(4,5)1(6)7/h9,11-13H,7-8,10H2,1-6H3,(H,18,22);(H,6,7). The first-order valence-corrected chi connectivity index (χ1v) is 9.37. The minimum absolute atomic E-state index is 0.00222. The molecule has 2 rings (SSSR count). The van der Waals surface area contributed by atoms with E-state index in [0.717, 1.165) is 25.5 Å². The van der Waals surface area contributed by atoms with Crippen molar-refractivity contribution in [3.63, 3.8) is 0 Å². The molecule has 0 radical (unpaired) electrons. The quantitative estimate of drug-likeness (QED) is 0.780. The average Bonchev–Trinajstić information content (AvgIpc) is 2.97. The van der Waals surface area contributed by atoms with Crippen LogP contribution in [-0.4, -0.2) is 68.3 Å². The van der Waals surface area contributed by atoms with Crippen LogP contribution < -0.4 is 5.32 Å². The molecule has 1 unspecified atom stereocenters. The maximum absolute atomic E-state index is 12.3. The summed E-state index contributed by atoms with van der Waals surface area (Å²) in [4.78, 5) is 29.9. The minimum atomic E-state index is -5.08. The number of aromatic nitrogens is 2. The fraction of sp³-hybridized carbons (Fsp3) is 0.722. The Bertz CT molecular complexity index is 703. The van der Waals surface area contributed by atoms with E-state index in [2.05, 4.69) is 40.7 Å². The fourth-order valence-corrected chi connectivity index (χ4v) is 2.73. The first kappa shape index (κ1) is 24.7. The summed E-state index contributed by atoms with van der Waals surface area (Å²) in [7, 11) is 2.12. The Hall–Kier alpha value is -2.30. The summed E-state index contributed by atoms with van der Waals surface area (Å²) in [6, 6.07) is 0.653. The van der Waals surface area contributed by atoms with Crippen LogP contribution in [0, 0.1) is 0 Å². The number of alkyl halides is 3. The fourth-order valence-electron chi connectivity index (χ4n) is 2.73. The third-order valence-electron chi connectivity index (χ3n) is 4.58. The van der Waals surface area contributed by atoms with Gasteiger partial charge in [0.1, 0.15) is 5.82 Å². The van der Waals surface area contributed by atoms with E-state index in [1.54, 1.807) is 0 Å². The summed E-state index contributed by atoms with van der Waals surface area (Å²) in [5.41, 5.74) is 1.22. The first-order chi connectivity index (χ1) is 13.3. The van der Waals surface area contributed by atoms with E-state index < -0.39 is 12.1 Å². The zero-order chi connectivity index (χ0) is 22.5. The normalized spacial score (nSPS) is 16.6. The van der Waals surface area contributed by atoms with Crippen LogP contribution in [0.2, 0.25) is 0 Å². The second kappa shape index (κ2) is 9.95. The van der Waals surface area contributed by atoms with Gasteiger partial charge in [0.05, 0.1) is 11.7 Å². The second-order valence-corrected chi connectivity index (χ2v) is 7.54. The van der Waals surface area contributed by atoms with E-state index in [9.17, 15) is 18.0 Å². The molecule has 2 amide bonds. The molecule has 29 heavy (non-hydrogen) atoms. The number of carboxylic acid groups (broad SMARTS) is 1. The number of fused-ring (bicyclic) bond motifs is 1. The number of carbonyl (C=O) groups excluding carboxylic acids is 1. The highest BCUT2D eigenvalue weighted by atomic mass is 19.4. The molecule has 0 spiro atoms. The van der Waals surface area contributed by atoms with Gasteiger partial charge in [0.2, 0.25) is 0 Å². The van der Waals surface area contributed by atoms with E-state index in [-0.39, 0.29) is 18.1 Å².